The summed E-state index contributed by atoms with van der Waals surface area (Å²) in [6, 6.07) is 0.893. The molecule has 100 valence electrons. The molecule has 1 aliphatic carbocycles. The zero-order chi connectivity index (χ0) is 11.9. The van der Waals surface area contributed by atoms with Crippen LogP contribution < -0.4 is 5.32 Å². The van der Waals surface area contributed by atoms with Crippen LogP contribution in [0.15, 0.2) is 0 Å². The Labute approximate surface area is 107 Å². The Bertz CT molecular complexity index is 201. The number of rotatable bonds is 8. The number of piperidine rings is 1. The molecule has 1 aliphatic heterocycles. The fourth-order valence-corrected chi connectivity index (χ4v) is 2.90. The van der Waals surface area contributed by atoms with Gasteiger partial charge in [0.2, 0.25) is 0 Å². The summed E-state index contributed by atoms with van der Waals surface area (Å²) in [5, 5.41) is 3.59. The monoisotopic (exact) mass is 238 g/mol. The Hall–Kier alpha value is -0.0800. The number of nitrogens with one attached hydrogen (secondary N) is 1. The maximum absolute atomic E-state index is 3.59. The zero-order valence-electron chi connectivity index (χ0n) is 11.6. The predicted molar refractivity (Wildman–Crippen MR) is 74.3 cm³/mol. The van der Waals surface area contributed by atoms with Crippen LogP contribution in [0.4, 0.5) is 0 Å². The lowest BCUT2D eigenvalue weighted by molar-refractivity contribution is 0.180. The van der Waals surface area contributed by atoms with Crippen LogP contribution in [0.5, 0.6) is 0 Å². The minimum absolute atomic E-state index is 0.893. The Morgan fingerprint density at radius 2 is 1.88 bits per heavy atom. The first-order valence-corrected chi connectivity index (χ1v) is 7.80. The highest BCUT2D eigenvalue weighted by Gasteiger charge is 2.19. The van der Waals surface area contributed by atoms with Crippen LogP contribution >= 0.6 is 0 Å². The van der Waals surface area contributed by atoms with Crippen LogP contribution in [0, 0.1) is 5.92 Å². The van der Waals surface area contributed by atoms with Gasteiger partial charge in [-0.05, 0) is 64.1 Å². The molecule has 2 heteroatoms. The summed E-state index contributed by atoms with van der Waals surface area (Å²) in [7, 11) is 0. The van der Waals surface area contributed by atoms with Crippen LogP contribution in [0.25, 0.3) is 0 Å². The Morgan fingerprint density at radius 3 is 2.65 bits per heavy atom. The Kier molecular flexibility index (Phi) is 5.79. The topological polar surface area (TPSA) is 15.3 Å². The summed E-state index contributed by atoms with van der Waals surface area (Å²) < 4.78 is 0. The van der Waals surface area contributed by atoms with Gasteiger partial charge in [0.25, 0.3) is 0 Å². The third-order valence-electron chi connectivity index (χ3n) is 4.15. The van der Waals surface area contributed by atoms with E-state index in [1.807, 2.05) is 0 Å². The van der Waals surface area contributed by atoms with Gasteiger partial charge in [0, 0.05) is 12.6 Å². The second-order valence-electron chi connectivity index (χ2n) is 6.19. The summed E-state index contributed by atoms with van der Waals surface area (Å²) in [5.74, 6) is 0.937. The number of hydrogen-bond donors (Lipinski definition) is 1. The van der Waals surface area contributed by atoms with Crippen LogP contribution in [0.3, 0.4) is 0 Å². The maximum atomic E-state index is 3.59. The average Bonchev–Trinajstić information content (AvgIpc) is 3.12. The molecule has 0 bridgehead atoms. The van der Waals surface area contributed by atoms with Crippen molar-refractivity contribution >= 4 is 0 Å². The van der Waals surface area contributed by atoms with E-state index in [0.717, 1.165) is 12.0 Å². The van der Waals surface area contributed by atoms with Crippen LogP contribution in [-0.4, -0.2) is 37.1 Å². The molecule has 1 atom stereocenters. The molecule has 2 rings (SSSR count). The van der Waals surface area contributed by atoms with Crippen molar-refractivity contribution in [2.75, 3.05) is 26.2 Å². The van der Waals surface area contributed by atoms with E-state index >= 15 is 0 Å². The van der Waals surface area contributed by atoms with Gasteiger partial charge >= 0.3 is 0 Å². The second kappa shape index (κ2) is 7.38. The molecule has 1 unspecified atom stereocenters. The van der Waals surface area contributed by atoms with Gasteiger partial charge in [-0.2, -0.15) is 0 Å². The molecule has 0 aromatic carbocycles. The van der Waals surface area contributed by atoms with Gasteiger partial charge in [0.15, 0.2) is 0 Å². The van der Waals surface area contributed by atoms with Crippen molar-refractivity contribution in [2.24, 2.45) is 5.92 Å². The summed E-state index contributed by atoms with van der Waals surface area (Å²) >= 11 is 0. The molecule has 2 nitrogen and oxygen atoms in total. The largest absolute Gasteiger partial charge is 0.314 e. The molecule has 0 amide bonds. The van der Waals surface area contributed by atoms with Crippen molar-refractivity contribution in [3.8, 4) is 0 Å². The van der Waals surface area contributed by atoms with E-state index in [2.05, 4.69) is 17.1 Å². The first-order valence-electron chi connectivity index (χ1n) is 7.80. The van der Waals surface area contributed by atoms with Crippen molar-refractivity contribution in [1.82, 2.24) is 10.2 Å². The quantitative estimate of drug-likeness (QED) is 0.654. The number of nitrogens with zero attached hydrogens (tertiary/aromatic N) is 1. The van der Waals surface area contributed by atoms with Gasteiger partial charge in [0.1, 0.15) is 0 Å². The molecular weight excluding hydrogens is 208 g/mol. The smallest absolute Gasteiger partial charge is 0.00682 e. The van der Waals surface area contributed by atoms with E-state index in [4.69, 9.17) is 0 Å². The fourth-order valence-electron chi connectivity index (χ4n) is 2.90. The Balaban J connectivity index is 1.37. The number of likely N-dealkylation sites (tertiary alicyclic amines) is 1. The maximum Gasteiger partial charge on any atom is 0.00682 e. The van der Waals surface area contributed by atoms with Crippen LogP contribution in [0.2, 0.25) is 0 Å². The molecule has 17 heavy (non-hydrogen) atoms. The number of hydrogen-bond acceptors (Lipinski definition) is 2. The van der Waals surface area contributed by atoms with E-state index < -0.39 is 0 Å². The van der Waals surface area contributed by atoms with Gasteiger partial charge in [0.05, 0.1) is 0 Å². The van der Waals surface area contributed by atoms with Gasteiger partial charge < -0.3 is 10.2 Å². The fraction of sp³-hybridized carbons (Fsp3) is 1.00. The average molecular weight is 238 g/mol. The highest BCUT2D eigenvalue weighted by atomic mass is 15.1. The molecule has 1 N–H and O–H groups in total. The van der Waals surface area contributed by atoms with Gasteiger partial charge in [-0.3, -0.25) is 0 Å². The van der Waals surface area contributed by atoms with Crippen molar-refractivity contribution in [1.29, 1.82) is 0 Å². The first kappa shape index (κ1) is 13.4. The minimum atomic E-state index is 0.893. The Morgan fingerprint density at radius 1 is 1.06 bits per heavy atom. The first-order chi connectivity index (χ1) is 8.34. The standard InChI is InChI=1S/C15H30N2/c1-14-7-6-12-17(13-14)11-5-3-2-4-10-16-15-8-9-15/h14-16H,2-13H2,1H3. The van der Waals surface area contributed by atoms with Gasteiger partial charge in [-0.1, -0.05) is 19.8 Å². The van der Waals surface area contributed by atoms with Crippen molar-refractivity contribution < 1.29 is 0 Å². The normalized spacial score (nSPS) is 26.3. The van der Waals surface area contributed by atoms with Crippen molar-refractivity contribution in [3.63, 3.8) is 0 Å². The highest BCUT2D eigenvalue weighted by molar-refractivity contribution is 4.80. The van der Waals surface area contributed by atoms with E-state index in [9.17, 15) is 0 Å². The molecule has 1 saturated heterocycles. The second-order valence-corrected chi connectivity index (χ2v) is 6.19. The molecule has 1 heterocycles. The summed E-state index contributed by atoms with van der Waals surface area (Å²) in [6.07, 6.45) is 11.4. The third-order valence-corrected chi connectivity index (χ3v) is 4.15. The van der Waals surface area contributed by atoms with E-state index in [-0.39, 0.29) is 0 Å². The summed E-state index contributed by atoms with van der Waals surface area (Å²) in [6.45, 7) is 7.71. The molecule has 1 saturated carbocycles. The highest BCUT2D eigenvalue weighted by Crippen LogP contribution is 2.18. The van der Waals surface area contributed by atoms with E-state index in [0.29, 0.717) is 0 Å². The van der Waals surface area contributed by atoms with Crippen LogP contribution in [-0.2, 0) is 0 Å². The lowest BCUT2D eigenvalue weighted by Gasteiger charge is -2.30. The third kappa shape index (κ3) is 5.87. The lowest BCUT2D eigenvalue weighted by Crippen LogP contribution is -2.34. The molecule has 0 spiro atoms. The van der Waals surface area contributed by atoms with Crippen molar-refractivity contribution in [3.05, 3.63) is 0 Å². The van der Waals surface area contributed by atoms with Gasteiger partial charge in [-0.25, -0.2) is 0 Å². The summed E-state index contributed by atoms with van der Waals surface area (Å²) in [4.78, 5) is 2.68. The molecule has 0 aromatic heterocycles. The zero-order valence-corrected chi connectivity index (χ0v) is 11.6. The minimum Gasteiger partial charge on any atom is -0.314 e. The predicted octanol–water partition coefficient (Wildman–Crippen LogP) is 3.03. The van der Waals surface area contributed by atoms with Crippen molar-refractivity contribution in [2.45, 2.75) is 64.3 Å². The molecular formula is C15H30N2. The van der Waals surface area contributed by atoms with E-state index in [1.54, 1.807) is 0 Å². The lowest BCUT2D eigenvalue weighted by atomic mass is 10.00. The van der Waals surface area contributed by atoms with Crippen LogP contribution in [0.1, 0.15) is 58.3 Å². The van der Waals surface area contributed by atoms with E-state index in [1.165, 1.54) is 77.5 Å². The SMILES string of the molecule is CC1CCCN(CCCCCCNC2CC2)C1. The van der Waals surface area contributed by atoms with Gasteiger partial charge in [-0.15, -0.1) is 0 Å². The molecule has 0 radical (unpaired) electrons. The summed E-state index contributed by atoms with van der Waals surface area (Å²) in [5.41, 5.74) is 0. The molecule has 2 fully saturated rings. The number of unbranched alkanes of at least 4 members (excludes halogenated alkanes) is 3. The molecule has 2 aliphatic rings. The molecule has 0 aromatic rings.